The summed E-state index contributed by atoms with van der Waals surface area (Å²) in [5.41, 5.74) is 1.18. The maximum atomic E-state index is 13.1. The van der Waals surface area contributed by atoms with Crippen molar-refractivity contribution >= 4 is 16.0 Å². The van der Waals surface area contributed by atoms with Gasteiger partial charge in [0.2, 0.25) is 10.0 Å². The number of rotatable bonds is 6. The molecule has 1 aliphatic rings. The fourth-order valence-corrected chi connectivity index (χ4v) is 5.09. The number of benzene rings is 1. The first-order chi connectivity index (χ1) is 13.8. The number of sulfonamides is 1. The number of ether oxygens (including phenoxy) is 1. The van der Waals surface area contributed by atoms with E-state index in [1.807, 2.05) is 0 Å². The maximum Gasteiger partial charge on any atom is 0.327 e. The highest BCUT2D eigenvalue weighted by atomic mass is 32.2. The van der Waals surface area contributed by atoms with Crippen LogP contribution in [0.1, 0.15) is 31.7 Å². The van der Waals surface area contributed by atoms with E-state index in [-0.39, 0.29) is 18.0 Å². The fraction of sp³-hybridized carbons (Fsp3) is 0.450. The van der Waals surface area contributed by atoms with Gasteiger partial charge in [-0.3, -0.25) is 9.59 Å². The van der Waals surface area contributed by atoms with Gasteiger partial charge in [0.25, 0.3) is 5.56 Å². The van der Waals surface area contributed by atoms with Gasteiger partial charge in [-0.25, -0.2) is 13.1 Å². The Bertz CT molecular complexity index is 1060. The van der Waals surface area contributed by atoms with E-state index in [1.54, 1.807) is 32.0 Å². The summed E-state index contributed by atoms with van der Waals surface area (Å²) in [5, 5.41) is 4.23. The van der Waals surface area contributed by atoms with Gasteiger partial charge in [-0.1, -0.05) is 18.6 Å². The van der Waals surface area contributed by atoms with Crippen LogP contribution in [0.15, 0.2) is 40.0 Å². The summed E-state index contributed by atoms with van der Waals surface area (Å²) in [6.45, 7) is 4.40. The van der Waals surface area contributed by atoms with Crippen LogP contribution in [0.4, 0.5) is 0 Å². The summed E-state index contributed by atoms with van der Waals surface area (Å²) in [6, 6.07) is 7.90. The van der Waals surface area contributed by atoms with Crippen LogP contribution in [0.25, 0.3) is 11.3 Å². The lowest BCUT2D eigenvalue weighted by atomic mass is 10.1. The smallest absolute Gasteiger partial charge is 0.327 e. The van der Waals surface area contributed by atoms with Crippen molar-refractivity contribution in [1.29, 1.82) is 0 Å². The highest BCUT2D eigenvalue weighted by Gasteiger charge is 2.27. The molecule has 0 amide bonds. The van der Waals surface area contributed by atoms with Gasteiger partial charge < -0.3 is 4.74 Å². The van der Waals surface area contributed by atoms with Gasteiger partial charge in [0, 0.05) is 24.7 Å². The average molecular weight is 420 g/mol. The Morgan fingerprint density at radius 2 is 1.86 bits per heavy atom. The van der Waals surface area contributed by atoms with Crippen molar-refractivity contribution in [2.24, 2.45) is 0 Å². The molecular formula is C20H25N3O5S. The molecule has 9 heteroatoms. The predicted octanol–water partition coefficient (Wildman–Crippen LogP) is 1.96. The minimum atomic E-state index is -3.60. The van der Waals surface area contributed by atoms with Gasteiger partial charge in [0.1, 0.15) is 6.54 Å². The molecule has 0 saturated carbocycles. The van der Waals surface area contributed by atoms with Crippen molar-refractivity contribution in [1.82, 2.24) is 14.1 Å². The number of aromatic nitrogens is 2. The molecular weight excluding hydrogens is 394 g/mol. The summed E-state index contributed by atoms with van der Waals surface area (Å²) in [5.74, 6) is -0.559. The first-order valence-corrected chi connectivity index (χ1v) is 11.1. The predicted molar refractivity (Wildman–Crippen MR) is 108 cm³/mol. The molecule has 29 heavy (non-hydrogen) atoms. The summed E-state index contributed by atoms with van der Waals surface area (Å²) in [6.07, 6.45) is 2.76. The zero-order valence-corrected chi connectivity index (χ0v) is 17.4. The van der Waals surface area contributed by atoms with Crippen LogP contribution < -0.4 is 5.56 Å². The SMILES string of the molecule is CCOC(=O)Cn1nc(-c2ccc(C)c(S(=O)(=O)N3CCCCC3)c2)ccc1=O. The molecule has 0 atom stereocenters. The van der Waals surface area contributed by atoms with Crippen LogP contribution in [0.2, 0.25) is 0 Å². The molecule has 156 valence electrons. The highest BCUT2D eigenvalue weighted by molar-refractivity contribution is 7.89. The Labute approximate surface area is 170 Å². The van der Waals surface area contributed by atoms with Crippen LogP contribution in [0.5, 0.6) is 0 Å². The zero-order valence-electron chi connectivity index (χ0n) is 16.6. The summed E-state index contributed by atoms with van der Waals surface area (Å²) >= 11 is 0. The molecule has 0 aliphatic carbocycles. The quantitative estimate of drug-likeness (QED) is 0.664. The number of nitrogens with zero attached hydrogens (tertiary/aromatic N) is 3. The molecule has 1 fully saturated rings. The standard InChI is InChI=1S/C20H25N3O5S/c1-3-28-20(25)14-23-19(24)10-9-17(21-23)16-8-7-15(2)18(13-16)29(26,27)22-11-5-4-6-12-22/h7-10,13H,3-6,11-12,14H2,1-2H3. The molecule has 0 N–H and O–H groups in total. The Kier molecular flexibility index (Phi) is 6.49. The first-order valence-electron chi connectivity index (χ1n) is 9.68. The van der Waals surface area contributed by atoms with E-state index in [1.165, 1.54) is 16.4 Å². The van der Waals surface area contributed by atoms with Crippen molar-refractivity contribution in [3.05, 3.63) is 46.2 Å². The van der Waals surface area contributed by atoms with E-state index in [4.69, 9.17) is 4.74 Å². The molecule has 1 aliphatic heterocycles. The molecule has 1 aromatic heterocycles. The van der Waals surface area contributed by atoms with E-state index in [0.717, 1.165) is 23.9 Å². The Morgan fingerprint density at radius 3 is 2.55 bits per heavy atom. The number of hydrogen-bond acceptors (Lipinski definition) is 6. The van der Waals surface area contributed by atoms with Crippen molar-refractivity contribution < 1.29 is 17.9 Å². The molecule has 1 aromatic carbocycles. The second-order valence-corrected chi connectivity index (χ2v) is 8.87. The number of carbonyl (C=O) groups excluding carboxylic acids is 1. The van der Waals surface area contributed by atoms with E-state index in [0.29, 0.717) is 29.9 Å². The van der Waals surface area contributed by atoms with E-state index in [2.05, 4.69) is 5.10 Å². The van der Waals surface area contributed by atoms with Gasteiger partial charge in [-0.05, 0) is 44.4 Å². The van der Waals surface area contributed by atoms with Crippen molar-refractivity contribution in [2.75, 3.05) is 19.7 Å². The molecule has 1 saturated heterocycles. The molecule has 8 nitrogen and oxygen atoms in total. The second kappa shape index (κ2) is 8.87. The monoisotopic (exact) mass is 419 g/mol. The van der Waals surface area contributed by atoms with Crippen molar-refractivity contribution in [3.63, 3.8) is 0 Å². The van der Waals surface area contributed by atoms with Crippen molar-refractivity contribution in [3.8, 4) is 11.3 Å². The third-order valence-corrected chi connectivity index (χ3v) is 6.91. The molecule has 2 aromatic rings. The Morgan fingerprint density at radius 1 is 1.14 bits per heavy atom. The molecule has 0 bridgehead atoms. The molecule has 3 rings (SSSR count). The normalized spacial score (nSPS) is 15.2. The van der Waals surface area contributed by atoms with Gasteiger partial charge in [0.15, 0.2) is 0 Å². The zero-order chi connectivity index (χ0) is 21.0. The summed E-state index contributed by atoms with van der Waals surface area (Å²) < 4.78 is 33.7. The number of carbonyl (C=O) groups is 1. The number of piperidine rings is 1. The van der Waals surface area contributed by atoms with E-state index < -0.39 is 21.6 Å². The van der Waals surface area contributed by atoms with Crippen molar-refractivity contribution in [2.45, 2.75) is 44.6 Å². The summed E-state index contributed by atoms with van der Waals surface area (Å²) in [4.78, 5) is 24.0. The van der Waals surface area contributed by atoms with Gasteiger partial charge >= 0.3 is 5.97 Å². The number of hydrogen-bond donors (Lipinski definition) is 0. The van der Waals surface area contributed by atoms with E-state index in [9.17, 15) is 18.0 Å². The molecule has 0 unspecified atom stereocenters. The lowest BCUT2D eigenvalue weighted by Crippen LogP contribution is -2.36. The number of aryl methyl sites for hydroxylation is 1. The molecule has 2 heterocycles. The third-order valence-electron chi connectivity index (χ3n) is 4.87. The largest absolute Gasteiger partial charge is 0.465 e. The summed E-state index contributed by atoms with van der Waals surface area (Å²) in [7, 11) is -3.60. The minimum absolute atomic E-state index is 0.211. The highest BCUT2D eigenvalue weighted by Crippen LogP contribution is 2.27. The van der Waals surface area contributed by atoms with Crippen LogP contribution in [-0.4, -0.2) is 48.2 Å². The number of esters is 1. The van der Waals surface area contributed by atoms with Gasteiger partial charge in [-0.2, -0.15) is 9.40 Å². The minimum Gasteiger partial charge on any atom is -0.465 e. The first kappa shape index (κ1) is 21.2. The van der Waals surface area contributed by atoms with Crippen LogP contribution in [0.3, 0.4) is 0 Å². The molecule has 0 spiro atoms. The Hall–Kier alpha value is -2.52. The lowest BCUT2D eigenvalue weighted by molar-refractivity contribution is -0.144. The lowest BCUT2D eigenvalue weighted by Gasteiger charge is -2.26. The van der Waals surface area contributed by atoms with Crippen LogP contribution >= 0.6 is 0 Å². The third kappa shape index (κ3) is 4.73. The van der Waals surface area contributed by atoms with Gasteiger partial charge in [0.05, 0.1) is 17.2 Å². The van der Waals surface area contributed by atoms with Gasteiger partial charge in [-0.15, -0.1) is 0 Å². The average Bonchev–Trinajstić information content (AvgIpc) is 2.71. The Balaban J connectivity index is 1.97. The molecule has 0 radical (unpaired) electrons. The second-order valence-electron chi connectivity index (χ2n) is 6.96. The maximum absolute atomic E-state index is 13.1. The van der Waals surface area contributed by atoms with Crippen LogP contribution in [0, 0.1) is 6.92 Å². The van der Waals surface area contributed by atoms with E-state index >= 15 is 0 Å². The topological polar surface area (TPSA) is 98.6 Å². The van der Waals surface area contributed by atoms with Crippen LogP contribution in [-0.2, 0) is 26.1 Å². The fourth-order valence-electron chi connectivity index (χ4n) is 3.33.